The average molecular weight is 376 g/mol. The van der Waals surface area contributed by atoms with E-state index in [0.717, 1.165) is 4.52 Å². The van der Waals surface area contributed by atoms with Gasteiger partial charge >= 0.3 is 0 Å². The number of hydrogen-bond donors (Lipinski definition) is 1. The van der Waals surface area contributed by atoms with Crippen LogP contribution >= 0.6 is 11.3 Å². The molecule has 9 nitrogen and oxygen atoms in total. The number of aromatic nitrogens is 3. The summed E-state index contributed by atoms with van der Waals surface area (Å²) >= 11 is 1.24. The number of anilines is 1. The quantitative estimate of drug-likeness (QED) is 0.696. The van der Waals surface area contributed by atoms with Crippen molar-refractivity contribution in [3.8, 4) is 11.5 Å². The molecule has 0 aliphatic carbocycles. The lowest BCUT2D eigenvalue weighted by molar-refractivity contribution is 0.102. The zero-order valence-corrected chi connectivity index (χ0v) is 15.1. The molecule has 2 heterocycles. The van der Waals surface area contributed by atoms with Crippen LogP contribution in [0.5, 0.6) is 11.5 Å². The molecule has 2 aromatic heterocycles. The molecule has 136 valence electrons. The van der Waals surface area contributed by atoms with Crippen molar-refractivity contribution in [3.05, 3.63) is 45.3 Å². The highest BCUT2D eigenvalue weighted by atomic mass is 32.1. The van der Waals surface area contributed by atoms with E-state index in [9.17, 15) is 9.59 Å². The van der Waals surface area contributed by atoms with Crippen molar-refractivity contribution >= 4 is 27.9 Å². The molecule has 10 heteroatoms. The van der Waals surface area contributed by atoms with Crippen LogP contribution in [0.1, 0.15) is 15.4 Å². The number of amides is 1. The zero-order valence-electron chi connectivity index (χ0n) is 14.3. The van der Waals surface area contributed by atoms with Crippen molar-refractivity contribution in [1.29, 1.82) is 0 Å². The molecule has 0 unspecified atom stereocenters. The minimum Gasteiger partial charge on any atom is -0.493 e. The number of fused-ring (bicyclic) bond motifs is 1. The number of carbonyl (C=O) groups excluding carboxylic acids is 1. The van der Waals surface area contributed by atoms with E-state index in [0.29, 0.717) is 27.0 Å². The van der Waals surface area contributed by atoms with E-state index in [1.807, 2.05) is 0 Å². The second-order valence-electron chi connectivity index (χ2n) is 5.12. The minimum atomic E-state index is -0.475. The molecule has 1 N–H and O–H groups in total. The topological polar surface area (TPSA) is 104 Å². The van der Waals surface area contributed by atoms with Crippen molar-refractivity contribution in [2.45, 2.75) is 6.61 Å². The summed E-state index contributed by atoms with van der Waals surface area (Å²) in [5.74, 6) is 0.437. The Morgan fingerprint density at radius 2 is 2.00 bits per heavy atom. The predicted octanol–water partition coefficient (Wildman–Crippen LogP) is 1.57. The molecule has 0 aliphatic heterocycles. The van der Waals surface area contributed by atoms with Crippen LogP contribution in [0, 0.1) is 0 Å². The van der Waals surface area contributed by atoms with Gasteiger partial charge in [-0.25, -0.2) is 4.98 Å². The van der Waals surface area contributed by atoms with Crippen molar-refractivity contribution in [2.24, 2.45) is 0 Å². The molecule has 3 aromatic rings. The van der Waals surface area contributed by atoms with Crippen LogP contribution in [0.25, 0.3) is 4.96 Å². The maximum atomic E-state index is 12.5. The molecule has 0 spiro atoms. The van der Waals surface area contributed by atoms with Crippen LogP contribution in [-0.2, 0) is 11.3 Å². The molecular formula is C16H16N4O5S. The number of nitrogens with zero attached hydrogens (tertiary/aromatic N) is 3. The average Bonchev–Trinajstić information content (AvgIpc) is 3.07. The lowest BCUT2D eigenvalue weighted by Gasteiger charge is -2.09. The Labute approximate surface area is 152 Å². The van der Waals surface area contributed by atoms with Gasteiger partial charge in [-0.15, -0.1) is 0 Å². The highest BCUT2D eigenvalue weighted by molar-refractivity contribution is 7.16. The largest absolute Gasteiger partial charge is 0.493 e. The van der Waals surface area contributed by atoms with Crippen LogP contribution in [0.3, 0.4) is 0 Å². The maximum Gasteiger partial charge on any atom is 0.298 e. The smallest absolute Gasteiger partial charge is 0.298 e. The monoisotopic (exact) mass is 376 g/mol. The Morgan fingerprint density at radius 3 is 2.69 bits per heavy atom. The van der Waals surface area contributed by atoms with Crippen molar-refractivity contribution < 1.29 is 19.0 Å². The van der Waals surface area contributed by atoms with E-state index in [-0.39, 0.29) is 12.3 Å². The molecule has 1 amide bonds. The number of hydrogen-bond acceptors (Lipinski definition) is 8. The Morgan fingerprint density at radius 1 is 1.23 bits per heavy atom. The first-order chi connectivity index (χ1) is 12.6. The van der Waals surface area contributed by atoms with E-state index in [1.54, 1.807) is 12.1 Å². The van der Waals surface area contributed by atoms with Gasteiger partial charge in [0.05, 0.1) is 27.0 Å². The van der Waals surface area contributed by atoms with Crippen LogP contribution in [-0.4, -0.2) is 41.8 Å². The summed E-state index contributed by atoms with van der Waals surface area (Å²) in [5.41, 5.74) is -0.135. The van der Waals surface area contributed by atoms with Crippen LogP contribution in [0.2, 0.25) is 0 Å². The number of methoxy groups -OCH3 is 3. The first-order valence-electron chi connectivity index (χ1n) is 7.47. The number of nitrogens with one attached hydrogen (secondary N) is 1. The lowest BCUT2D eigenvalue weighted by atomic mass is 10.2. The van der Waals surface area contributed by atoms with Gasteiger partial charge in [-0.3, -0.25) is 9.59 Å². The molecule has 0 bridgehead atoms. The summed E-state index contributed by atoms with van der Waals surface area (Å²) in [6.07, 6.45) is 1.31. The van der Waals surface area contributed by atoms with E-state index in [1.165, 1.54) is 44.9 Å². The molecule has 0 saturated carbocycles. The molecule has 0 aliphatic rings. The molecule has 0 atom stereocenters. The van der Waals surface area contributed by atoms with Gasteiger partial charge in [0, 0.05) is 12.7 Å². The molecule has 0 radical (unpaired) electrons. The second-order valence-corrected chi connectivity index (χ2v) is 6.16. The van der Waals surface area contributed by atoms with Gasteiger partial charge in [0.15, 0.2) is 11.5 Å². The van der Waals surface area contributed by atoms with Gasteiger partial charge in [-0.05, 0) is 18.2 Å². The van der Waals surface area contributed by atoms with E-state index >= 15 is 0 Å². The van der Waals surface area contributed by atoms with Crippen molar-refractivity contribution in [1.82, 2.24) is 14.6 Å². The highest BCUT2D eigenvalue weighted by Gasteiger charge is 2.15. The number of carbonyl (C=O) groups is 1. The van der Waals surface area contributed by atoms with Crippen molar-refractivity contribution in [2.75, 3.05) is 26.6 Å². The summed E-state index contributed by atoms with van der Waals surface area (Å²) in [7, 11) is 4.52. The fourth-order valence-corrected chi connectivity index (χ4v) is 3.09. The molecule has 1 aromatic carbocycles. The summed E-state index contributed by atoms with van der Waals surface area (Å²) in [6.45, 7) is 0.279. The summed E-state index contributed by atoms with van der Waals surface area (Å²) in [5, 5.41) is 7.30. The summed E-state index contributed by atoms with van der Waals surface area (Å²) < 4.78 is 16.5. The van der Waals surface area contributed by atoms with E-state index in [2.05, 4.69) is 15.4 Å². The molecular weight excluding hydrogens is 360 g/mol. The Hall–Kier alpha value is -2.98. The van der Waals surface area contributed by atoms with E-state index in [4.69, 9.17) is 14.2 Å². The minimum absolute atomic E-state index is 0.0246. The molecule has 3 rings (SSSR count). The summed E-state index contributed by atoms with van der Waals surface area (Å²) in [6, 6.07) is 4.70. The van der Waals surface area contributed by atoms with Gasteiger partial charge in [-0.1, -0.05) is 11.3 Å². The Balaban J connectivity index is 1.89. The molecule has 26 heavy (non-hydrogen) atoms. The second kappa shape index (κ2) is 7.50. The third-order valence-electron chi connectivity index (χ3n) is 3.49. The first kappa shape index (κ1) is 17.8. The third kappa shape index (κ3) is 3.37. The van der Waals surface area contributed by atoms with Gasteiger partial charge in [0.1, 0.15) is 10.7 Å². The normalized spacial score (nSPS) is 10.7. The standard InChI is InChI=1S/C16H16N4O5S/c1-23-8-13-19-20-15(22)10(7-17-16(20)26-13)18-14(21)9-4-5-11(24-2)12(6-9)25-3/h4-7H,8H2,1-3H3,(H,18,21). The third-order valence-corrected chi connectivity index (χ3v) is 4.39. The summed E-state index contributed by atoms with van der Waals surface area (Å²) in [4.78, 5) is 29.5. The molecule has 0 saturated heterocycles. The SMILES string of the molecule is COCc1nn2c(=O)c(NC(=O)c3ccc(OC)c(OC)c3)cnc2s1. The van der Waals surface area contributed by atoms with Gasteiger partial charge in [-0.2, -0.15) is 9.61 Å². The Kier molecular flexibility index (Phi) is 5.14. The van der Waals surface area contributed by atoms with E-state index < -0.39 is 11.5 Å². The number of rotatable bonds is 6. The van der Waals surface area contributed by atoms with Crippen LogP contribution < -0.4 is 20.3 Å². The molecule has 0 fully saturated rings. The zero-order chi connectivity index (χ0) is 18.7. The van der Waals surface area contributed by atoms with Crippen LogP contribution in [0.4, 0.5) is 5.69 Å². The van der Waals surface area contributed by atoms with Gasteiger partial charge in [0.25, 0.3) is 11.5 Å². The fourth-order valence-electron chi connectivity index (χ4n) is 2.27. The van der Waals surface area contributed by atoms with Crippen LogP contribution in [0.15, 0.2) is 29.2 Å². The first-order valence-corrected chi connectivity index (χ1v) is 8.29. The van der Waals surface area contributed by atoms with Gasteiger partial charge < -0.3 is 19.5 Å². The Bertz CT molecular complexity index is 1010. The predicted molar refractivity (Wildman–Crippen MR) is 95.3 cm³/mol. The fraction of sp³-hybridized carbons (Fsp3) is 0.250. The van der Waals surface area contributed by atoms with Gasteiger partial charge in [0.2, 0.25) is 4.96 Å². The maximum absolute atomic E-state index is 12.5. The van der Waals surface area contributed by atoms with Crippen molar-refractivity contribution in [3.63, 3.8) is 0 Å². The highest BCUT2D eigenvalue weighted by Crippen LogP contribution is 2.27. The lowest BCUT2D eigenvalue weighted by Crippen LogP contribution is -2.23. The number of benzene rings is 1. The number of ether oxygens (including phenoxy) is 3.